The third kappa shape index (κ3) is 4.43. The Morgan fingerprint density at radius 3 is 2.29 bits per heavy atom. The number of nitrogens with zero attached hydrogens (tertiary/aromatic N) is 2. The van der Waals surface area contributed by atoms with Crippen LogP contribution >= 0.6 is 0 Å². The molecule has 1 N–H and O–H groups in total. The Morgan fingerprint density at radius 2 is 1.68 bits per heavy atom. The zero-order valence-electron chi connectivity index (χ0n) is 16.6. The van der Waals surface area contributed by atoms with E-state index >= 15 is 0 Å². The molecule has 1 amide bonds. The fraction of sp³-hybridized carbons (Fsp3) is 0.381. The first-order chi connectivity index (χ1) is 13.3. The molecule has 6 nitrogen and oxygen atoms in total. The lowest BCUT2D eigenvalue weighted by Crippen LogP contribution is -2.47. The molecule has 0 unspecified atom stereocenters. The summed E-state index contributed by atoms with van der Waals surface area (Å²) in [6.07, 6.45) is 0.930. The zero-order valence-corrected chi connectivity index (χ0v) is 17.4. The summed E-state index contributed by atoms with van der Waals surface area (Å²) in [5.74, 6) is -0.308. The van der Waals surface area contributed by atoms with Crippen molar-refractivity contribution in [2.45, 2.75) is 25.2 Å². The van der Waals surface area contributed by atoms with Gasteiger partial charge in [-0.05, 0) is 55.8 Å². The van der Waals surface area contributed by atoms with Gasteiger partial charge in [0.2, 0.25) is 10.0 Å². The minimum atomic E-state index is -3.61. The Kier molecular flexibility index (Phi) is 6.17. The van der Waals surface area contributed by atoms with E-state index in [0.717, 1.165) is 12.0 Å². The maximum atomic E-state index is 13.0. The van der Waals surface area contributed by atoms with Gasteiger partial charge in [-0.2, -0.15) is 4.31 Å². The van der Waals surface area contributed by atoms with E-state index in [1.807, 2.05) is 31.3 Å². The Labute approximate surface area is 167 Å². The summed E-state index contributed by atoms with van der Waals surface area (Å²) in [5, 5.41) is 2.86. The van der Waals surface area contributed by atoms with E-state index in [1.54, 1.807) is 19.1 Å². The van der Waals surface area contributed by atoms with Gasteiger partial charge in [-0.3, -0.25) is 4.79 Å². The predicted molar refractivity (Wildman–Crippen MR) is 111 cm³/mol. The number of likely N-dealkylation sites (N-methyl/N-ethyl adjacent to an activating group) is 1. The summed E-state index contributed by atoms with van der Waals surface area (Å²) in [5.41, 5.74) is 2.98. The number of piperazine rings is 1. The van der Waals surface area contributed by atoms with Crippen LogP contribution in [0.4, 0.5) is 5.69 Å². The summed E-state index contributed by atoms with van der Waals surface area (Å²) < 4.78 is 27.5. The molecule has 1 saturated heterocycles. The van der Waals surface area contributed by atoms with Crippen molar-refractivity contribution in [3.8, 4) is 0 Å². The van der Waals surface area contributed by atoms with Crippen LogP contribution in [0, 0.1) is 6.92 Å². The van der Waals surface area contributed by atoms with Crippen LogP contribution in [0.5, 0.6) is 0 Å². The van der Waals surface area contributed by atoms with Crippen molar-refractivity contribution in [2.75, 3.05) is 38.5 Å². The van der Waals surface area contributed by atoms with E-state index in [1.165, 1.54) is 15.9 Å². The number of aryl methyl sites for hydroxylation is 2. The molecule has 1 fully saturated rings. The molecular weight excluding hydrogens is 374 g/mol. The number of amides is 1. The standard InChI is InChI=1S/C21H27N3O3S/c1-4-17-6-8-18(9-7-17)22-21(25)20-15-19(10-5-16(20)2)28(26,27)24-13-11-23(3)12-14-24/h5-10,15H,4,11-14H2,1-3H3,(H,22,25). The Bertz CT molecular complexity index is 947. The van der Waals surface area contributed by atoms with Crippen LogP contribution in [0.1, 0.15) is 28.4 Å². The highest BCUT2D eigenvalue weighted by Gasteiger charge is 2.28. The third-order valence-electron chi connectivity index (χ3n) is 5.17. The van der Waals surface area contributed by atoms with Crippen molar-refractivity contribution in [3.05, 3.63) is 59.2 Å². The van der Waals surface area contributed by atoms with Gasteiger partial charge in [0.05, 0.1) is 4.90 Å². The van der Waals surface area contributed by atoms with E-state index < -0.39 is 10.0 Å². The molecule has 0 aliphatic carbocycles. The van der Waals surface area contributed by atoms with Crippen molar-refractivity contribution in [1.29, 1.82) is 0 Å². The molecule has 1 aliphatic heterocycles. The van der Waals surface area contributed by atoms with Gasteiger partial charge in [0.1, 0.15) is 0 Å². The second-order valence-corrected chi connectivity index (χ2v) is 9.13. The quantitative estimate of drug-likeness (QED) is 0.836. The number of carbonyl (C=O) groups is 1. The summed E-state index contributed by atoms with van der Waals surface area (Å²) in [6, 6.07) is 12.4. The largest absolute Gasteiger partial charge is 0.322 e. The molecule has 7 heteroatoms. The molecule has 1 heterocycles. The highest BCUT2D eigenvalue weighted by molar-refractivity contribution is 7.89. The summed E-state index contributed by atoms with van der Waals surface area (Å²) >= 11 is 0. The van der Waals surface area contributed by atoms with Crippen molar-refractivity contribution >= 4 is 21.6 Å². The van der Waals surface area contributed by atoms with Crippen molar-refractivity contribution in [1.82, 2.24) is 9.21 Å². The number of anilines is 1. The number of rotatable bonds is 5. The van der Waals surface area contributed by atoms with Crippen LogP contribution in [0.25, 0.3) is 0 Å². The Morgan fingerprint density at radius 1 is 1.04 bits per heavy atom. The van der Waals surface area contributed by atoms with Crippen molar-refractivity contribution in [3.63, 3.8) is 0 Å². The lowest BCUT2D eigenvalue weighted by Gasteiger charge is -2.31. The SMILES string of the molecule is CCc1ccc(NC(=O)c2cc(S(=O)(=O)N3CCN(C)CC3)ccc2C)cc1. The van der Waals surface area contributed by atoms with Crippen LogP contribution in [0.15, 0.2) is 47.4 Å². The molecule has 150 valence electrons. The normalized spacial score (nSPS) is 16.1. The number of hydrogen-bond acceptors (Lipinski definition) is 4. The van der Waals surface area contributed by atoms with E-state index in [2.05, 4.69) is 17.1 Å². The van der Waals surface area contributed by atoms with E-state index in [9.17, 15) is 13.2 Å². The average Bonchev–Trinajstić information content (AvgIpc) is 2.69. The van der Waals surface area contributed by atoms with E-state index in [0.29, 0.717) is 37.4 Å². The highest BCUT2D eigenvalue weighted by Crippen LogP contribution is 2.22. The van der Waals surface area contributed by atoms with Gasteiger partial charge >= 0.3 is 0 Å². The first kappa shape index (κ1) is 20.5. The molecule has 0 saturated carbocycles. The average molecular weight is 402 g/mol. The van der Waals surface area contributed by atoms with Crippen LogP contribution in [0.2, 0.25) is 0 Å². The predicted octanol–water partition coefficient (Wildman–Crippen LogP) is 2.75. The van der Waals surface area contributed by atoms with Gasteiger partial charge in [-0.15, -0.1) is 0 Å². The molecular formula is C21H27N3O3S. The van der Waals surface area contributed by atoms with Gasteiger partial charge < -0.3 is 10.2 Å². The lowest BCUT2D eigenvalue weighted by atomic mass is 10.1. The number of carbonyl (C=O) groups excluding carboxylic acids is 1. The molecule has 0 aromatic heterocycles. The molecule has 0 atom stereocenters. The Hall–Kier alpha value is -2.22. The minimum Gasteiger partial charge on any atom is -0.322 e. The summed E-state index contributed by atoms with van der Waals surface area (Å²) in [7, 11) is -1.64. The smallest absolute Gasteiger partial charge is 0.255 e. The van der Waals surface area contributed by atoms with Gasteiger partial charge in [-0.25, -0.2) is 8.42 Å². The van der Waals surface area contributed by atoms with E-state index in [4.69, 9.17) is 0 Å². The van der Waals surface area contributed by atoms with Crippen LogP contribution in [-0.4, -0.2) is 56.8 Å². The molecule has 28 heavy (non-hydrogen) atoms. The monoisotopic (exact) mass is 401 g/mol. The number of benzene rings is 2. The summed E-state index contributed by atoms with van der Waals surface area (Å²) in [4.78, 5) is 15.0. The summed E-state index contributed by atoms with van der Waals surface area (Å²) in [6.45, 7) is 6.19. The molecule has 1 aliphatic rings. The molecule has 2 aromatic carbocycles. The first-order valence-corrected chi connectivity index (χ1v) is 10.9. The van der Waals surface area contributed by atoms with E-state index in [-0.39, 0.29) is 10.8 Å². The second-order valence-electron chi connectivity index (χ2n) is 7.19. The molecule has 0 spiro atoms. The zero-order chi connectivity index (χ0) is 20.3. The van der Waals surface area contributed by atoms with Crippen molar-refractivity contribution < 1.29 is 13.2 Å². The Balaban J connectivity index is 1.83. The third-order valence-corrected chi connectivity index (χ3v) is 7.07. The maximum absolute atomic E-state index is 13.0. The molecule has 3 rings (SSSR count). The first-order valence-electron chi connectivity index (χ1n) is 9.51. The van der Waals surface area contributed by atoms with Crippen molar-refractivity contribution in [2.24, 2.45) is 0 Å². The molecule has 2 aromatic rings. The van der Waals surface area contributed by atoms with Crippen LogP contribution in [-0.2, 0) is 16.4 Å². The topological polar surface area (TPSA) is 69.7 Å². The minimum absolute atomic E-state index is 0.161. The van der Waals surface area contributed by atoms with Gasteiger partial charge in [0, 0.05) is 37.4 Å². The number of nitrogens with one attached hydrogen (secondary N) is 1. The molecule has 0 radical (unpaired) electrons. The van der Waals surface area contributed by atoms with Gasteiger partial charge in [0.15, 0.2) is 0 Å². The second kappa shape index (κ2) is 8.43. The fourth-order valence-corrected chi connectivity index (χ4v) is 4.65. The van der Waals surface area contributed by atoms with Gasteiger partial charge in [0.25, 0.3) is 5.91 Å². The highest BCUT2D eigenvalue weighted by atomic mass is 32.2. The van der Waals surface area contributed by atoms with Crippen LogP contribution < -0.4 is 5.32 Å². The molecule has 0 bridgehead atoms. The van der Waals surface area contributed by atoms with Gasteiger partial charge in [-0.1, -0.05) is 25.1 Å². The number of sulfonamides is 1. The van der Waals surface area contributed by atoms with Crippen LogP contribution in [0.3, 0.4) is 0 Å². The maximum Gasteiger partial charge on any atom is 0.255 e. The lowest BCUT2D eigenvalue weighted by molar-refractivity contribution is 0.102. The fourth-order valence-electron chi connectivity index (χ4n) is 3.21. The number of hydrogen-bond donors (Lipinski definition) is 1.